The summed E-state index contributed by atoms with van der Waals surface area (Å²) in [4.78, 5) is 1.07. The normalized spacial score (nSPS) is 16.8. The van der Waals surface area contributed by atoms with E-state index in [2.05, 4.69) is 0 Å². The molecule has 0 spiro atoms. The van der Waals surface area contributed by atoms with E-state index in [1.165, 1.54) is 7.11 Å². The smallest absolute Gasteiger partial charge is 0.160 e. The van der Waals surface area contributed by atoms with Crippen molar-refractivity contribution in [3.8, 4) is 23.0 Å². The number of benzene rings is 2. The zero-order valence-electron chi connectivity index (χ0n) is 11.8. The highest BCUT2D eigenvalue weighted by atomic mass is 32.2. The van der Waals surface area contributed by atoms with Gasteiger partial charge < -0.3 is 19.3 Å². The number of rotatable bonds is 3. The van der Waals surface area contributed by atoms with Crippen LogP contribution in [0.2, 0.25) is 0 Å². The molecule has 0 fully saturated rings. The topological polar surface area (TPSA) is 47.9 Å². The number of phenolic OH excluding ortho intramolecular Hbond substituents is 1. The lowest BCUT2D eigenvalue weighted by molar-refractivity contribution is 0.219. The summed E-state index contributed by atoms with van der Waals surface area (Å²) < 4.78 is 16.3. The van der Waals surface area contributed by atoms with Crippen molar-refractivity contribution < 1.29 is 19.3 Å². The summed E-state index contributed by atoms with van der Waals surface area (Å²) in [6, 6.07) is 11.1. The largest absolute Gasteiger partial charge is 0.504 e. The molecule has 1 aliphatic heterocycles. The number of ether oxygens (including phenoxy) is 3. The maximum absolute atomic E-state index is 9.88. The molecule has 1 unspecified atom stereocenters. The number of thioether (sulfide) groups is 1. The predicted octanol–water partition coefficient (Wildman–Crippen LogP) is 3.64. The van der Waals surface area contributed by atoms with Gasteiger partial charge in [-0.15, -0.1) is 11.8 Å². The van der Waals surface area contributed by atoms with Crippen LogP contribution in [0.4, 0.5) is 0 Å². The molecule has 1 heterocycles. The quantitative estimate of drug-likeness (QED) is 0.938. The Morgan fingerprint density at radius 1 is 1.14 bits per heavy atom. The van der Waals surface area contributed by atoms with Crippen LogP contribution < -0.4 is 14.2 Å². The molecule has 1 atom stereocenters. The third-order valence-electron chi connectivity index (χ3n) is 3.39. The third kappa shape index (κ3) is 2.74. The Balaban J connectivity index is 1.84. The SMILES string of the molecule is COc1ccc2c(c1)SCC(c1ccc(OC)c(O)c1)O2. The first kappa shape index (κ1) is 13.9. The molecular weight excluding hydrogens is 288 g/mol. The number of methoxy groups -OCH3 is 2. The Bertz CT molecular complexity index is 657. The van der Waals surface area contributed by atoms with Gasteiger partial charge in [0.1, 0.15) is 17.6 Å². The van der Waals surface area contributed by atoms with Crippen molar-refractivity contribution in [3.05, 3.63) is 42.0 Å². The van der Waals surface area contributed by atoms with Gasteiger partial charge in [-0.1, -0.05) is 6.07 Å². The van der Waals surface area contributed by atoms with Crippen molar-refractivity contribution in [1.82, 2.24) is 0 Å². The summed E-state index contributed by atoms with van der Waals surface area (Å²) in [7, 11) is 3.18. The molecule has 0 aliphatic carbocycles. The number of phenols is 1. The van der Waals surface area contributed by atoms with E-state index in [9.17, 15) is 5.11 Å². The fraction of sp³-hybridized carbons (Fsp3) is 0.250. The lowest BCUT2D eigenvalue weighted by atomic mass is 10.1. The number of fused-ring (bicyclic) bond motifs is 1. The third-order valence-corrected chi connectivity index (χ3v) is 4.48. The number of hydrogen-bond acceptors (Lipinski definition) is 5. The average molecular weight is 304 g/mol. The molecule has 110 valence electrons. The highest BCUT2D eigenvalue weighted by Crippen LogP contribution is 2.43. The standard InChI is InChI=1S/C16H16O4S/c1-18-11-4-6-14-16(8-11)21-9-15(20-14)10-3-5-13(19-2)12(17)7-10/h3-8,15,17H,9H2,1-2H3. The molecule has 2 aromatic rings. The van der Waals surface area contributed by atoms with Gasteiger partial charge >= 0.3 is 0 Å². The lowest BCUT2D eigenvalue weighted by Gasteiger charge is -2.26. The molecule has 21 heavy (non-hydrogen) atoms. The molecule has 2 aromatic carbocycles. The molecule has 0 aromatic heterocycles. The highest BCUT2D eigenvalue weighted by molar-refractivity contribution is 7.99. The van der Waals surface area contributed by atoms with E-state index >= 15 is 0 Å². The zero-order valence-corrected chi connectivity index (χ0v) is 12.6. The lowest BCUT2D eigenvalue weighted by Crippen LogP contribution is -2.14. The Kier molecular flexibility index (Phi) is 3.84. The van der Waals surface area contributed by atoms with Crippen LogP contribution in [0.3, 0.4) is 0 Å². The molecular formula is C16H16O4S. The second-order valence-corrected chi connectivity index (χ2v) is 5.72. The van der Waals surface area contributed by atoms with E-state index in [4.69, 9.17) is 14.2 Å². The molecule has 3 rings (SSSR count). The van der Waals surface area contributed by atoms with E-state index < -0.39 is 0 Å². The molecule has 0 radical (unpaired) electrons. The Morgan fingerprint density at radius 3 is 2.71 bits per heavy atom. The van der Waals surface area contributed by atoms with Crippen LogP contribution in [-0.2, 0) is 0 Å². The Morgan fingerprint density at radius 2 is 2.00 bits per heavy atom. The maximum Gasteiger partial charge on any atom is 0.160 e. The minimum absolute atomic E-state index is 0.0901. The predicted molar refractivity (Wildman–Crippen MR) is 81.7 cm³/mol. The summed E-state index contributed by atoms with van der Waals surface area (Å²) >= 11 is 1.72. The molecule has 0 bridgehead atoms. The molecule has 0 saturated heterocycles. The van der Waals surface area contributed by atoms with Crippen molar-refractivity contribution in [2.45, 2.75) is 11.0 Å². The molecule has 1 N–H and O–H groups in total. The first-order valence-corrected chi connectivity index (χ1v) is 7.54. The molecule has 5 heteroatoms. The minimum atomic E-state index is -0.0901. The van der Waals surface area contributed by atoms with E-state index in [0.29, 0.717) is 5.75 Å². The first-order valence-electron chi connectivity index (χ1n) is 6.55. The summed E-state index contributed by atoms with van der Waals surface area (Å²) in [5.74, 6) is 3.04. The van der Waals surface area contributed by atoms with E-state index in [0.717, 1.165) is 27.7 Å². The second kappa shape index (κ2) is 5.77. The van der Waals surface area contributed by atoms with Gasteiger partial charge in [0.25, 0.3) is 0 Å². The van der Waals surface area contributed by atoms with Gasteiger partial charge in [0.15, 0.2) is 11.5 Å². The van der Waals surface area contributed by atoms with Gasteiger partial charge in [0.05, 0.1) is 19.1 Å². The van der Waals surface area contributed by atoms with E-state index in [-0.39, 0.29) is 11.9 Å². The number of hydrogen-bond donors (Lipinski definition) is 1. The summed E-state index contributed by atoms with van der Waals surface area (Å²) in [5.41, 5.74) is 0.933. The zero-order chi connectivity index (χ0) is 14.8. The Labute approximate surface area is 127 Å². The summed E-state index contributed by atoms with van der Waals surface area (Å²) in [5, 5.41) is 9.88. The van der Waals surface area contributed by atoms with Crippen LogP contribution in [0.1, 0.15) is 11.7 Å². The highest BCUT2D eigenvalue weighted by Gasteiger charge is 2.23. The van der Waals surface area contributed by atoms with Crippen molar-refractivity contribution in [1.29, 1.82) is 0 Å². The van der Waals surface area contributed by atoms with Gasteiger partial charge in [-0.3, -0.25) is 0 Å². The van der Waals surface area contributed by atoms with E-state index in [1.54, 1.807) is 31.0 Å². The van der Waals surface area contributed by atoms with Crippen LogP contribution in [0, 0.1) is 0 Å². The van der Waals surface area contributed by atoms with Crippen LogP contribution in [0.15, 0.2) is 41.3 Å². The van der Waals surface area contributed by atoms with Crippen LogP contribution in [-0.4, -0.2) is 25.1 Å². The van der Waals surface area contributed by atoms with E-state index in [1.807, 2.05) is 24.3 Å². The van der Waals surface area contributed by atoms with Crippen LogP contribution >= 0.6 is 11.8 Å². The van der Waals surface area contributed by atoms with Gasteiger partial charge in [-0.2, -0.15) is 0 Å². The molecule has 1 aliphatic rings. The van der Waals surface area contributed by atoms with Gasteiger partial charge in [0, 0.05) is 5.75 Å². The van der Waals surface area contributed by atoms with Gasteiger partial charge in [-0.25, -0.2) is 0 Å². The summed E-state index contributed by atoms with van der Waals surface area (Å²) in [6.45, 7) is 0. The van der Waals surface area contributed by atoms with Crippen molar-refractivity contribution >= 4 is 11.8 Å². The van der Waals surface area contributed by atoms with Crippen LogP contribution in [0.25, 0.3) is 0 Å². The summed E-state index contributed by atoms with van der Waals surface area (Å²) in [6.07, 6.45) is -0.0901. The average Bonchev–Trinajstić information content (AvgIpc) is 2.53. The molecule has 0 saturated carbocycles. The molecule has 4 nitrogen and oxygen atoms in total. The monoisotopic (exact) mass is 304 g/mol. The molecule has 0 amide bonds. The van der Waals surface area contributed by atoms with Crippen LogP contribution in [0.5, 0.6) is 23.0 Å². The maximum atomic E-state index is 9.88. The van der Waals surface area contributed by atoms with Crippen molar-refractivity contribution in [3.63, 3.8) is 0 Å². The Hall–Kier alpha value is -2.01. The van der Waals surface area contributed by atoms with Gasteiger partial charge in [-0.05, 0) is 35.9 Å². The van der Waals surface area contributed by atoms with Crippen molar-refractivity contribution in [2.75, 3.05) is 20.0 Å². The second-order valence-electron chi connectivity index (χ2n) is 4.66. The fourth-order valence-electron chi connectivity index (χ4n) is 2.25. The fourth-order valence-corrected chi connectivity index (χ4v) is 3.30. The number of aromatic hydroxyl groups is 1. The minimum Gasteiger partial charge on any atom is -0.504 e. The van der Waals surface area contributed by atoms with Gasteiger partial charge in [0.2, 0.25) is 0 Å². The van der Waals surface area contributed by atoms with Crippen molar-refractivity contribution in [2.24, 2.45) is 0 Å². The first-order chi connectivity index (χ1) is 10.2.